The summed E-state index contributed by atoms with van der Waals surface area (Å²) in [6.45, 7) is 2.01. The fraction of sp³-hybridized carbons (Fsp3) is 0.538. The van der Waals surface area contributed by atoms with Gasteiger partial charge in [-0.05, 0) is 36.4 Å². The second-order valence-corrected chi connectivity index (χ2v) is 4.32. The Balaban J connectivity index is 2.10. The van der Waals surface area contributed by atoms with Gasteiger partial charge < -0.3 is 5.32 Å². The molecule has 1 unspecified atom stereocenters. The molecule has 16 heavy (non-hydrogen) atoms. The van der Waals surface area contributed by atoms with Crippen molar-refractivity contribution in [2.75, 3.05) is 13.1 Å². The molecule has 0 amide bonds. The number of rotatable bonds is 4. The summed E-state index contributed by atoms with van der Waals surface area (Å²) in [6, 6.07) is 8.00. The van der Waals surface area contributed by atoms with Crippen molar-refractivity contribution in [3.8, 4) is 0 Å². The van der Waals surface area contributed by atoms with Crippen LogP contribution in [0.3, 0.4) is 0 Å². The Morgan fingerprint density at radius 2 is 2.12 bits per heavy atom. The average Bonchev–Trinajstić information content (AvgIpc) is 2.80. The highest BCUT2D eigenvalue weighted by molar-refractivity contribution is 5.31. The van der Waals surface area contributed by atoms with E-state index in [0.29, 0.717) is 12.3 Å². The molecular weight excluding hydrogens is 208 g/mol. The molecule has 0 radical (unpaired) electrons. The van der Waals surface area contributed by atoms with Gasteiger partial charge in [0.15, 0.2) is 0 Å². The zero-order chi connectivity index (χ0) is 11.4. The van der Waals surface area contributed by atoms with Crippen molar-refractivity contribution in [2.24, 2.45) is 0 Å². The van der Waals surface area contributed by atoms with E-state index < -0.39 is 6.43 Å². The Labute approximate surface area is 94.9 Å². The van der Waals surface area contributed by atoms with Crippen LogP contribution >= 0.6 is 0 Å². The van der Waals surface area contributed by atoms with Gasteiger partial charge in [-0.3, -0.25) is 0 Å². The average molecular weight is 225 g/mol. The van der Waals surface area contributed by atoms with Crippen molar-refractivity contribution < 1.29 is 8.78 Å². The van der Waals surface area contributed by atoms with Crippen LogP contribution in [-0.4, -0.2) is 19.5 Å². The van der Waals surface area contributed by atoms with Gasteiger partial charge in [-0.1, -0.05) is 24.3 Å². The molecule has 1 atom stereocenters. The fourth-order valence-electron chi connectivity index (χ4n) is 2.34. The monoisotopic (exact) mass is 225 g/mol. The first-order valence-corrected chi connectivity index (χ1v) is 5.84. The minimum atomic E-state index is -2.20. The summed E-state index contributed by atoms with van der Waals surface area (Å²) in [7, 11) is 0. The number of aryl methyl sites for hydroxylation is 1. The van der Waals surface area contributed by atoms with Crippen LogP contribution in [0.5, 0.6) is 0 Å². The van der Waals surface area contributed by atoms with Gasteiger partial charge in [0.1, 0.15) is 0 Å². The molecule has 0 bridgehead atoms. The third kappa shape index (κ3) is 2.79. The van der Waals surface area contributed by atoms with Gasteiger partial charge in [-0.25, -0.2) is 8.78 Å². The quantitative estimate of drug-likeness (QED) is 0.830. The van der Waals surface area contributed by atoms with Gasteiger partial charge in [0.25, 0.3) is 0 Å². The molecule has 1 nitrogen and oxygen atoms in total. The molecule has 1 aromatic carbocycles. The van der Waals surface area contributed by atoms with Crippen molar-refractivity contribution in [1.82, 2.24) is 5.32 Å². The van der Waals surface area contributed by atoms with Crippen LogP contribution in [0.1, 0.15) is 29.9 Å². The lowest BCUT2D eigenvalue weighted by Crippen LogP contribution is -2.09. The second kappa shape index (κ2) is 5.39. The van der Waals surface area contributed by atoms with E-state index in [1.165, 1.54) is 5.56 Å². The van der Waals surface area contributed by atoms with Gasteiger partial charge in [0.05, 0.1) is 0 Å². The summed E-state index contributed by atoms with van der Waals surface area (Å²) in [5, 5.41) is 3.31. The highest BCUT2D eigenvalue weighted by Crippen LogP contribution is 2.26. The topological polar surface area (TPSA) is 12.0 Å². The molecule has 1 N–H and O–H groups in total. The molecule has 1 saturated heterocycles. The van der Waals surface area contributed by atoms with E-state index in [2.05, 4.69) is 11.4 Å². The van der Waals surface area contributed by atoms with Crippen LogP contribution in [0.4, 0.5) is 8.78 Å². The van der Waals surface area contributed by atoms with Gasteiger partial charge in [-0.15, -0.1) is 0 Å². The molecule has 0 aliphatic carbocycles. The maximum absolute atomic E-state index is 12.2. The smallest absolute Gasteiger partial charge is 0.239 e. The maximum atomic E-state index is 12.2. The molecule has 1 aliphatic heterocycles. The van der Waals surface area contributed by atoms with E-state index in [4.69, 9.17) is 0 Å². The standard InChI is InChI=1S/C13H17F2N/c14-13(15)6-5-10-3-1-2-4-12(10)11-7-8-16-9-11/h1-4,11,13,16H,5-9H2. The molecule has 0 saturated carbocycles. The summed E-state index contributed by atoms with van der Waals surface area (Å²) >= 11 is 0. The maximum Gasteiger partial charge on any atom is 0.239 e. The second-order valence-electron chi connectivity index (χ2n) is 4.32. The lowest BCUT2D eigenvalue weighted by Gasteiger charge is -2.14. The SMILES string of the molecule is FC(F)CCc1ccccc1C1CCNC1. The minimum Gasteiger partial charge on any atom is -0.316 e. The van der Waals surface area contributed by atoms with E-state index in [1.54, 1.807) is 0 Å². The van der Waals surface area contributed by atoms with Crippen LogP contribution in [0.25, 0.3) is 0 Å². The van der Waals surface area contributed by atoms with Gasteiger partial charge >= 0.3 is 0 Å². The van der Waals surface area contributed by atoms with Gasteiger partial charge in [0, 0.05) is 13.0 Å². The van der Waals surface area contributed by atoms with E-state index in [-0.39, 0.29) is 6.42 Å². The zero-order valence-corrected chi connectivity index (χ0v) is 9.26. The Morgan fingerprint density at radius 3 is 2.81 bits per heavy atom. The Bertz CT molecular complexity index is 332. The number of hydrogen-bond acceptors (Lipinski definition) is 1. The van der Waals surface area contributed by atoms with E-state index in [1.807, 2.05) is 18.2 Å². The van der Waals surface area contributed by atoms with Crippen molar-refractivity contribution in [3.05, 3.63) is 35.4 Å². The molecule has 3 heteroatoms. The first-order chi connectivity index (χ1) is 7.77. The molecule has 2 rings (SSSR count). The summed E-state index contributed by atoms with van der Waals surface area (Å²) in [5.41, 5.74) is 2.35. The van der Waals surface area contributed by atoms with Gasteiger partial charge in [-0.2, -0.15) is 0 Å². The zero-order valence-electron chi connectivity index (χ0n) is 9.26. The normalized spacial score (nSPS) is 20.6. The lowest BCUT2D eigenvalue weighted by molar-refractivity contribution is 0.138. The number of nitrogens with one attached hydrogen (secondary N) is 1. The van der Waals surface area contributed by atoms with E-state index >= 15 is 0 Å². The molecule has 1 aliphatic rings. The number of halogens is 2. The molecule has 0 aromatic heterocycles. The van der Waals surface area contributed by atoms with Crippen LogP contribution in [0.15, 0.2) is 24.3 Å². The number of benzene rings is 1. The summed E-state index contributed by atoms with van der Waals surface area (Å²) in [5.74, 6) is 0.508. The largest absolute Gasteiger partial charge is 0.316 e. The van der Waals surface area contributed by atoms with Crippen molar-refractivity contribution in [2.45, 2.75) is 31.6 Å². The van der Waals surface area contributed by atoms with Crippen LogP contribution in [0, 0.1) is 0 Å². The van der Waals surface area contributed by atoms with Gasteiger partial charge in [0.2, 0.25) is 6.43 Å². The molecule has 1 aromatic rings. The molecule has 1 fully saturated rings. The highest BCUT2D eigenvalue weighted by Gasteiger charge is 2.19. The fourth-order valence-corrected chi connectivity index (χ4v) is 2.34. The molecular formula is C13H17F2N. The molecule has 88 valence electrons. The first kappa shape index (κ1) is 11.5. The third-order valence-electron chi connectivity index (χ3n) is 3.19. The number of hydrogen-bond donors (Lipinski definition) is 1. The van der Waals surface area contributed by atoms with Crippen LogP contribution in [0.2, 0.25) is 0 Å². The van der Waals surface area contributed by atoms with Crippen molar-refractivity contribution >= 4 is 0 Å². The van der Waals surface area contributed by atoms with E-state index in [9.17, 15) is 8.78 Å². The van der Waals surface area contributed by atoms with Crippen molar-refractivity contribution in [1.29, 1.82) is 0 Å². The highest BCUT2D eigenvalue weighted by atomic mass is 19.3. The van der Waals surface area contributed by atoms with E-state index in [0.717, 1.165) is 25.1 Å². The summed E-state index contributed by atoms with van der Waals surface area (Å²) in [4.78, 5) is 0. The Hall–Kier alpha value is -0.960. The number of alkyl halides is 2. The van der Waals surface area contributed by atoms with Crippen molar-refractivity contribution in [3.63, 3.8) is 0 Å². The Morgan fingerprint density at radius 1 is 1.31 bits per heavy atom. The predicted octanol–water partition coefficient (Wildman–Crippen LogP) is 2.96. The molecule has 1 heterocycles. The third-order valence-corrected chi connectivity index (χ3v) is 3.19. The summed E-state index contributed by atoms with van der Waals surface area (Å²) in [6.07, 6.45) is -0.623. The molecule has 0 spiro atoms. The van der Waals surface area contributed by atoms with Crippen LogP contribution < -0.4 is 5.32 Å². The summed E-state index contributed by atoms with van der Waals surface area (Å²) < 4.78 is 24.4. The lowest BCUT2D eigenvalue weighted by atomic mass is 9.91. The predicted molar refractivity (Wildman–Crippen MR) is 61.0 cm³/mol. The minimum absolute atomic E-state index is 0.0306. The Kier molecular flexibility index (Phi) is 3.88. The van der Waals surface area contributed by atoms with Crippen LogP contribution in [-0.2, 0) is 6.42 Å². The first-order valence-electron chi connectivity index (χ1n) is 5.84.